The van der Waals surface area contributed by atoms with Crippen molar-refractivity contribution in [2.45, 2.75) is 39.0 Å². The molecule has 0 spiro atoms. The van der Waals surface area contributed by atoms with Gasteiger partial charge in [0, 0.05) is 12.3 Å². The summed E-state index contributed by atoms with van der Waals surface area (Å²) < 4.78 is 0. The Morgan fingerprint density at radius 1 is 1.27 bits per heavy atom. The lowest BCUT2D eigenvalue weighted by molar-refractivity contribution is -0.123. The van der Waals surface area contributed by atoms with Crippen molar-refractivity contribution in [2.24, 2.45) is 17.8 Å². The van der Waals surface area contributed by atoms with Gasteiger partial charge in [-0.05, 0) is 24.7 Å². The predicted molar refractivity (Wildman–Crippen MR) is 44.2 cm³/mol. The van der Waals surface area contributed by atoms with Crippen LogP contribution < -0.4 is 0 Å². The van der Waals surface area contributed by atoms with E-state index in [0.29, 0.717) is 17.6 Å². The summed E-state index contributed by atoms with van der Waals surface area (Å²) in [6, 6.07) is 0. The molecule has 1 nitrogen and oxygen atoms in total. The molecule has 0 aromatic rings. The van der Waals surface area contributed by atoms with Gasteiger partial charge in [-0.3, -0.25) is 4.79 Å². The maximum absolute atomic E-state index is 11.4. The van der Waals surface area contributed by atoms with Gasteiger partial charge in [0.25, 0.3) is 0 Å². The molecule has 2 aliphatic rings. The van der Waals surface area contributed by atoms with Crippen LogP contribution in [0.5, 0.6) is 0 Å². The number of fused-ring (bicyclic) bond motifs is 1. The molecule has 11 heavy (non-hydrogen) atoms. The van der Waals surface area contributed by atoms with E-state index < -0.39 is 0 Å². The molecule has 1 heteroatoms. The van der Waals surface area contributed by atoms with Crippen LogP contribution in [-0.4, -0.2) is 5.78 Å². The van der Waals surface area contributed by atoms with Crippen molar-refractivity contribution in [1.29, 1.82) is 0 Å². The minimum Gasteiger partial charge on any atom is -0.299 e. The second-order valence-corrected chi connectivity index (χ2v) is 4.20. The fraction of sp³-hybridized carbons (Fsp3) is 0.900. The Hall–Kier alpha value is -0.330. The largest absolute Gasteiger partial charge is 0.299 e. The van der Waals surface area contributed by atoms with Gasteiger partial charge in [0.2, 0.25) is 0 Å². The molecule has 2 rings (SSSR count). The molecule has 0 N–H and O–H groups in total. The van der Waals surface area contributed by atoms with Crippen LogP contribution in [-0.2, 0) is 4.79 Å². The maximum atomic E-state index is 11.4. The fourth-order valence-electron chi connectivity index (χ4n) is 2.92. The standard InChI is InChI=1S/C10H16O/c1-7-3-2-4-8-5-6-9(11)10(7)8/h7-8,10H,2-6H2,1H3. The Morgan fingerprint density at radius 3 is 2.82 bits per heavy atom. The third kappa shape index (κ3) is 1.11. The summed E-state index contributed by atoms with van der Waals surface area (Å²) in [4.78, 5) is 11.4. The first kappa shape index (κ1) is 7.33. The molecular formula is C10H16O. The zero-order chi connectivity index (χ0) is 7.84. The van der Waals surface area contributed by atoms with Gasteiger partial charge >= 0.3 is 0 Å². The van der Waals surface area contributed by atoms with Crippen LogP contribution in [0.4, 0.5) is 0 Å². The van der Waals surface area contributed by atoms with Crippen molar-refractivity contribution < 1.29 is 4.79 Å². The summed E-state index contributed by atoms with van der Waals surface area (Å²) >= 11 is 0. The van der Waals surface area contributed by atoms with E-state index >= 15 is 0 Å². The number of ketones is 1. The molecule has 0 aromatic carbocycles. The number of Topliss-reactive ketones (excluding diaryl/α,β-unsaturated/α-hetero) is 1. The van der Waals surface area contributed by atoms with Gasteiger partial charge in [0.1, 0.15) is 5.78 Å². The average molecular weight is 152 g/mol. The van der Waals surface area contributed by atoms with E-state index in [1.54, 1.807) is 0 Å². The summed E-state index contributed by atoms with van der Waals surface area (Å²) in [5.41, 5.74) is 0. The van der Waals surface area contributed by atoms with Gasteiger partial charge in [0.15, 0.2) is 0 Å². The highest BCUT2D eigenvalue weighted by Gasteiger charge is 2.39. The van der Waals surface area contributed by atoms with Crippen LogP contribution in [0.2, 0.25) is 0 Å². The predicted octanol–water partition coefficient (Wildman–Crippen LogP) is 2.40. The van der Waals surface area contributed by atoms with E-state index in [4.69, 9.17) is 0 Å². The minimum absolute atomic E-state index is 0.462. The molecule has 2 saturated carbocycles. The highest BCUT2D eigenvalue weighted by molar-refractivity contribution is 5.83. The SMILES string of the molecule is CC1CCCC2CCC(=O)C12. The molecular weight excluding hydrogens is 136 g/mol. The molecule has 0 radical (unpaired) electrons. The maximum Gasteiger partial charge on any atom is 0.136 e. The lowest BCUT2D eigenvalue weighted by atomic mass is 9.74. The van der Waals surface area contributed by atoms with E-state index in [1.807, 2.05) is 0 Å². The van der Waals surface area contributed by atoms with Crippen LogP contribution in [0.15, 0.2) is 0 Å². The molecule has 0 aliphatic heterocycles. The number of carbonyl (C=O) groups excluding carboxylic acids is 1. The molecule has 3 atom stereocenters. The van der Waals surface area contributed by atoms with Crippen LogP contribution in [0.1, 0.15) is 39.0 Å². The third-order valence-corrected chi connectivity index (χ3v) is 3.49. The Labute approximate surface area is 68.2 Å². The highest BCUT2D eigenvalue weighted by atomic mass is 16.1. The monoisotopic (exact) mass is 152 g/mol. The van der Waals surface area contributed by atoms with Gasteiger partial charge in [-0.25, -0.2) is 0 Å². The van der Waals surface area contributed by atoms with Gasteiger partial charge in [-0.2, -0.15) is 0 Å². The van der Waals surface area contributed by atoms with Crippen molar-refractivity contribution in [1.82, 2.24) is 0 Å². The molecule has 2 fully saturated rings. The molecule has 0 bridgehead atoms. The Kier molecular flexibility index (Phi) is 1.74. The number of carbonyl (C=O) groups is 1. The normalized spacial score (nSPS) is 44.1. The van der Waals surface area contributed by atoms with Crippen LogP contribution in [0, 0.1) is 17.8 Å². The number of hydrogen-bond donors (Lipinski definition) is 0. The summed E-state index contributed by atoms with van der Waals surface area (Å²) in [5, 5.41) is 0. The molecule has 62 valence electrons. The van der Waals surface area contributed by atoms with Crippen LogP contribution in [0.25, 0.3) is 0 Å². The molecule has 0 heterocycles. The van der Waals surface area contributed by atoms with Crippen molar-refractivity contribution in [3.8, 4) is 0 Å². The van der Waals surface area contributed by atoms with Gasteiger partial charge in [-0.15, -0.1) is 0 Å². The smallest absolute Gasteiger partial charge is 0.136 e. The van der Waals surface area contributed by atoms with Crippen LogP contribution >= 0.6 is 0 Å². The Balaban J connectivity index is 2.14. The number of hydrogen-bond acceptors (Lipinski definition) is 1. The number of rotatable bonds is 0. The molecule has 2 aliphatic carbocycles. The lowest BCUT2D eigenvalue weighted by Gasteiger charge is -2.29. The van der Waals surface area contributed by atoms with Crippen molar-refractivity contribution in [3.05, 3.63) is 0 Å². The van der Waals surface area contributed by atoms with Crippen molar-refractivity contribution >= 4 is 5.78 Å². The van der Waals surface area contributed by atoms with Crippen molar-refractivity contribution in [2.75, 3.05) is 0 Å². The molecule has 3 unspecified atom stereocenters. The Morgan fingerprint density at radius 2 is 2.09 bits per heavy atom. The quantitative estimate of drug-likeness (QED) is 0.521. The summed E-state index contributed by atoms with van der Waals surface area (Å²) in [6.45, 7) is 2.25. The second-order valence-electron chi connectivity index (χ2n) is 4.20. The Bertz CT molecular complexity index is 174. The first-order chi connectivity index (χ1) is 5.29. The van der Waals surface area contributed by atoms with E-state index in [0.717, 1.165) is 12.3 Å². The molecule has 0 aromatic heterocycles. The lowest BCUT2D eigenvalue weighted by Crippen LogP contribution is -2.26. The zero-order valence-electron chi connectivity index (χ0n) is 7.18. The average Bonchev–Trinajstić information content (AvgIpc) is 2.34. The van der Waals surface area contributed by atoms with E-state index in [-0.39, 0.29) is 0 Å². The topological polar surface area (TPSA) is 17.1 Å². The van der Waals surface area contributed by atoms with Crippen LogP contribution in [0.3, 0.4) is 0 Å². The summed E-state index contributed by atoms with van der Waals surface area (Å²) in [7, 11) is 0. The summed E-state index contributed by atoms with van der Waals surface area (Å²) in [6.07, 6.45) is 6.02. The fourth-order valence-corrected chi connectivity index (χ4v) is 2.92. The van der Waals surface area contributed by atoms with Crippen molar-refractivity contribution in [3.63, 3.8) is 0 Å². The molecule has 0 amide bonds. The summed E-state index contributed by atoms with van der Waals surface area (Å²) in [5.74, 6) is 2.47. The minimum atomic E-state index is 0.462. The van der Waals surface area contributed by atoms with E-state index in [9.17, 15) is 4.79 Å². The first-order valence-electron chi connectivity index (χ1n) is 4.82. The second kappa shape index (κ2) is 2.62. The third-order valence-electron chi connectivity index (χ3n) is 3.49. The van der Waals surface area contributed by atoms with Gasteiger partial charge in [0.05, 0.1) is 0 Å². The first-order valence-corrected chi connectivity index (χ1v) is 4.82. The van der Waals surface area contributed by atoms with E-state index in [2.05, 4.69) is 6.92 Å². The zero-order valence-corrected chi connectivity index (χ0v) is 7.18. The highest BCUT2D eigenvalue weighted by Crippen LogP contribution is 2.42. The van der Waals surface area contributed by atoms with E-state index in [1.165, 1.54) is 25.7 Å². The van der Waals surface area contributed by atoms with Gasteiger partial charge in [-0.1, -0.05) is 19.8 Å². The molecule has 0 saturated heterocycles. The van der Waals surface area contributed by atoms with Gasteiger partial charge < -0.3 is 0 Å².